The first-order valence-electron chi connectivity index (χ1n) is 4.24. The van der Waals surface area contributed by atoms with Crippen LogP contribution >= 0.6 is 0 Å². The van der Waals surface area contributed by atoms with Crippen LogP contribution in [-0.4, -0.2) is 14.1 Å². The normalized spacial score (nSPS) is 13.2. The minimum atomic E-state index is 1.10. The minimum absolute atomic E-state index is 1.10. The molecule has 2 rings (SSSR count). The third kappa shape index (κ3) is 1.11. The molecule has 0 radical (unpaired) electrons. The van der Waals surface area contributed by atoms with Gasteiger partial charge in [0.05, 0.1) is 0 Å². The van der Waals surface area contributed by atoms with Gasteiger partial charge in [0.25, 0.3) is 0 Å². The predicted molar refractivity (Wildman–Crippen MR) is 53.5 cm³/mol. The van der Waals surface area contributed by atoms with Gasteiger partial charge in [0.1, 0.15) is 0 Å². The molecule has 0 unspecified atom stereocenters. The lowest BCUT2D eigenvalue weighted by atomic mass is 10.1. The van der Waals surface area contributed by atoms with Gasteiger partial charge in [-0.3, -0.25) is 0 Å². The van der Waals surface area contributed by atoms with E-state index in [-0.39, 0.29) is 0 Å². The Balaban J connectivity index is 2.44. The van der Waals surface area contributed by atoms with E-state index >= 15 is 0 Å². The molecule has 0 N–H and O–H groups in total. The molecule has 62 valence electrons. The molecule has 1 aliphatic rings. The lowest BCUT2D eigenvalue weighted by Crippen LogP contribution is -2.08. The van der Waals surface area contributed by atoms with Crippen LogP contribution in [0.1, 0.15) is 11.1 Å². The van der Waals surface area contributed by atoms with Gasteiger partial charge in [0, 0.05) is 19.8 Å². The number of nitrogens with zero attached hydrogens (tertiary/aromatic N) is 1. The molecule has 1 aliphatic carbocycles. The van der Waals surface area contributed by atoms with Gasteiger partial charge >= 0.3 is 0 Å². The van der Waals surface area contributed by atoms with Gasteiger partial charge in [-0.05, 0) is 29.7 Å². The Kier molecular flexibility index (Phi) is 1.65. The van der Waals surface area contributed by atoms with E-state index in [0.717, 1.165) is 6.42 Å². The first-order chi connectivity index (χ1) is 5.77. The Hall–Kier alpha value is -1.24. The van der Waals surface area contributed by atoms with Crippen LogP contribution in [0.3, 0.4) is 0 Å². The van der Waals surface area contributed by atoms with Crippen LogP contribution in [0, 0.1) is 0 Å². The summed E-state index contributed by atoms with van der Waals surface area (Å²) in [6, 6.07) is 6.62. The van der Waals surface area contributed by atoms with E-state index in [0.29, 0.717) is 0 Å². The maximum Gasteiger partial charge on any atom is 0.0367 e. The van der Waals surface area contributed by atoms with E-state index < -0.39 is 0 Å². The van der Waals surface area contributed by atoms with Crippen LogP contribution in [0.25, 0.3) is 6.08 Å². The molecule has 1 nitrogen and oxygen atoms in total. The molecule has 0 amide bonds. The number of rotatable bonds is 1. The van der Waals surface area contributed by atoms with E-state index in [1.807, 2.05) is 0 Å². The van der Waals surface area contributed by atoms with Crippen LogP contribution < -0.4 is 4.90 Å². The third-order valence-corrected chi connectivity index (χ3v) is 2.28. The van der Waals surface area contributed by atoms with E-state index in [4.69, 9.17) is 0 Å². The summed E-state index contributed by atoms with van der Waals surface area (Å²) >= 11 is 0. The number of fused-ring (bicyclic) bond motifs is 1. The summed E-state index contributed by atoms with van der Waals surface area (Å²) < 4.78 is 0. The molecule has 0 bridgehead atoms. The SMILES string of the molecule is CN(C)c1ccc2c(c1)C=CC2. The van der Waals surface area contributed by atoms with Gasteiger partial charge in [-0.25, -0.2) is 0 Å². The molecule has 0 spiro atoms. The molecule has 0 saturated carbocycles. The highest BCUT2D eigenvalue weighted by molar-refractivity contribution is 5.65. The summed E-state index contributed by atoms with van der Waals surface area (Å²) in [5.74, 6) is 0. The monoisotopic (exact) mass is 159 g/mol. The van der Waals surface area contributed by atoms with E-state index in [9.17, 15) is 0 Å². The first-order valence-corrected chi connectivity index (χ1v) is 4.24. The lowest BCUT2D eigenvalue weighted by Gasteiger charge is -2.13. The van der Waals surface area contributed by atoms with Gasteiger partial charge < -0.3 is 4.90 Å². The predicted octanol–water partition coefficient (Wildman–Crippen LogP) is 2.32. The Labute approximate surface area is 73.3 Å². The molecule has 0 aliphatic heterocycles. The van der Waals surface area contributed by atoms with Crippen LogP contribution in [0.5, 0.6) is 0 Å². The number of allylic oxidation sites excluding steroid dienone is 1. The van der Waals surface area contributed by atoms with Crippen molar-refractivity contribution in [3.8, 4) is 0 Å². The van der Waals surface area contributed by atoms with Crippen LogP contribution in [0.4, 0.5) is 5.69 Å². The van der Waals surface area contributed by atoms with Crippen molar-refractivity contribution in [3.63, 3.8) is 0 Å². The third-order valence-electron chi connectivity index (χ3n) is 2.28. The molecule has 12 heavy (non-hydrogen) atoms. The summed E-state index contributed by atoms with van der Waals surface area (Å²) in [6.07, 6.45) is 5.51. The zero-order valence-electron chi connectivity index (χ0n) is 7.54. The topological polar surface area (TPSA) is 3.24 Å². The molecule has 0 atom stereocenters. The molecule has 0 fully saturated rings. The molecule has 0 aromatic heterocycles. The molecule has 1 aromatic rings. The van der Waals surface area contributed by atoms with Gasteiger partial charge in [0.15, 0.2) is 0 Å². The van der Waals surface area contributed by atoms with Crippen LogP contribution in [0.15, 0.2) is 24.3 Å². The van der Waals surface area contributed by atoms with E-state index in [1.54, 1.807) is 0 Å². The second kappa shape index (κ2) is 2.67. The standard InChI is InChI=1S/C11H13N/c1-12(2)11-7-6-9-4-3-5-10(9)8-11/h3,5-8H,4H2,1-2H3. The molecular weight excluding hydrogens is 146 g/mol. The van der Waals surface area contributed by atoms with Gasteiger partial charge in [-0.15, -0.1) is 0 Å². The average molecular weight is 159 g/mol. The van der Waals surface area contributed by atoms with Crippen molar-refractivity contribution < 1.29 is 0 Å². The summed E-state index contributed by atoms with van der Waals surface area (Å²) in [7, 11) is 4.14. The fourth-order valence-corrected chi connectivity index (χ4v) is 1.51. The highest BCUT2D eigenvalue weighted by Crippen LogP contribution is 2.23. The van der Waals surface area contributed by atoms with Crippen LogP contribution in [-0.2, 0) is 6.42 Å². The highest BCUT2D eigenvalue weighted by Gasteiger charge is 2.05. The van der Waals surface area contributed by atoms with Crippen molar-refractivity contribution in [3.05, 3.63) is 35.4 Å². The largest absolute Gasteiger partial charge is 0.378 e. The van der Waals surface area contributed by atoms with Crippen molar-refractivity contribution in [1.82, 2.24) is 0 Å². The van der Waals surface area contributed by atoms with Crippen molar-refractivity contribution in [2.24, 2.45) is 0 Å². The van der Waals surface area contributed by atoms with Gasteiger partial charge in [0.2, 0.25) is 0 Å². The number of hydrogen-bond acceptors (Lipinski definition) is 1. The number of hydrogen-bond donors (Lipinski definition) is 0. The number of benzene rings is 1. The summed E-state index contributed by atoms with van der Waals surface area (Å²) in [5.41, 5.74) is 4.10. The second-order valence-electron chi connectivity index (χ2n) is 3.38. The Morgan fingerprint density at radius 1 is 1.25 bits per heavy atom. The zero-order valence-corrected chi connectivity index (χ0v) is 7.54. The molecule has 1 aromatic carbocycles. The fraction of sp³-hybridized carbons (Fsp3) is 0.273. The molecule has 0 heterocycles. The number of anilines is 1. The molecule has 0 saturated heterocycles. The van der Waals surface area contributed by atoms with Crippen molar-refractivity contribution in [2.75, 3.05) is 19.0 Å². The van der Waals surface area contributed by atoms with Crippen molar-refractivity contribution >= 4 is 11.8 Å². The molecule has 1 heteroatoms. The smallest absolute Gasteiger partial charge is 0.0367 e. The maximum absolute atomic E-state index is 2.23. The van der Waals surface area contributed by atoms with Crippen molar-refractivity contribution in [2.45, 2.75) is 6.42 Å². The summed E-state index contributed by atoms with van der Waals surface area (Å²) in [6.45, 7) is 0. The quantitative estimate of drug-likeness (QED) is 0.608. The van der Waals surface area contributed by atoms with Gasteiger partial charge in [-0.1, -0.05) is 18.2 Å². The highest BCUT2D eigenvalue weighted by atomic mass is 15.1. The van der Waals surface area contributed by atoms with E-state index in [2.05, 4.69) is 49.3 Å². The van der Waals surface area contributed by atoms with E-state index in [1.165, 1.54) is 16.8 Å². The fourth-order valence-electron chi connectivity index (χ4n) is 1.51. The zero-order chi connectivity index (χ0) is 8.55. The van der Waals surface area contributed by atoms with Gasteiger partial charge in [-0.2, -0.15) is 0 Å². The maximum atomic E-state index is 2.23. The summed E-state index contributed by atoms with van der Waals surface area (Å²) in [5, 5.41) is 0. The molecular formula is C11H13N. The first kappa shape index (κ1) is 7.41. The Morgan fingerprint density at radius 2 is 2.08 bits per heavy atom. The van der Waals surface area contributed by atoms with Crippen LogP contribution in [0.2, 0.25) is 0 Å². The summed E-state index contributed by atoms with van der Waals surface area (Å²) in [4.78, 5) is 2.13. The Bertz CT molecular complexity index is 324. The minimum Gasteiger partial charge on any atom is -0.378 e. The Morgan fingerprint density at radius 3 is 2.83 bits per heavy atom. The lowest BCUT2D eigenvalue weighted by molar-refractivity contribution is 1.13. The van der Waals surface area contributed by atoms with Crippen molar-refractivity contribution in [1.29, 1.82) is 0 Å². The average Bonchev–Trinajstić information content (AvgIpc) is 2.49. The second-order valence-corrected chi connectivity index (χ2v) is 3.38.